The second kappa shape index (κ2) is 9.76. The van der Waals surface area contributed by atoms with Crippen LogP contribution >= 0.6 is 11.3 Å². The van der Waals surface area contributed by atoms with E-state index in [1.807, 2.05) is 68.8 Å². The molecule has 0 atom stereocenters. The summed E-state index contributed by atoms with van der Waals surface area (Å²) < 4.78 is 7.62. The fourth-order valence-electron chi connectivity index (χ4n) is 4.47. The molecule has 0 saturated heterocycles. The predicted octanol–water partition coefficient (Wildman–Crippen LogP) is 3.76. The van der Waals surface area contributed by atoms with E-state index in [0.29, 0.717) is 42.4 Å². The first-order valence-corrected chi connectivity index (χ1v) is 13.2. The van der Waals surface area contributed by atoms with E-state index in [1.54, 1.807) is 4.90 Å². The highest BCUT2D eigenvalue weighted by molar-refractivity contribution is 7.18. The van der Waals surface area contributed by atoms with Gasteiger partial charge in [-0.05, 0) is 51.3 Å². The molecule has 0 bridgehead atoms. The number of nitrogens with two attached hydrogens (primary N) is 1. The zero-order valence-corrected chi connectivity index (χ0v) is 23.0. The number of thiophene rings is 1. The van der Waals surface area contributed by atoms with Crippen LogP contribution in [0.25, 0.3) is 16.8 Å². The lowest BCUT2D eigenvalue weighted by Crippen LogP contribution is -2.39. The summed E-state index contributed by atoms with van der Waals surface area (Å²) in [5.74, 6) is 0.0797. The number of nitrogens with one attached hydrogen (secondary N) is 2. The monoisotopic (exact) mass is 536 g/mol. The van der Waals surface area contributed by atoms with E-state index in [-0.39, 0.29) is 6.09 Å². The van der Waals surface area contributed by atoms with E-state index in [1.165, 1.54) is 11.3 Å². The molecule has 2 aliphatic heterocycles. The van der Waals surface area contributed by atoms with Crippen molar-refractivity contribution in [3.8, 4) is 0 Å². The molecule has 0 aliphatic carbocycles. The second-order valence-electron chi connectivity index (χ2n) is 10.4. The van der Waals surface area contributed by atoms with Crippen molar-refractivity contribution in [2.75, 3.05) is 32.0 Å². The van der Waals surface area contributed by atoms with E-state index in [2.05, 4.69) is 21.8 Å². The number of carbonyl (C=O) groups excluding carboxylic acids is 2. The lowest BCUT2D eigenvalue weighted by Gasteiger charge is -2.30. The molecule has 0 aromatic carbocycles. The minimum absolute atomic E-state index is 0.343. The molecule has 12 heteroatoms. The number of imidazole rings is 1. The lowest BCUT2D eigenvalue weighted by molar-refractivity contribution is 0.0273. The molecule has 0 radical (unpaired) electrons. The first kappa shape index (κ1) is 25.7. The predicted molar refractivity (Wildman–Crippen MR) is 148 cm³/mol. The molecule has 11 nitrogen and oxygen atoms in total. The summed E-state index contributed by atoms with van der Waals surface area (Å²) in [6.45, 7) is 9.07. The Labute approximate surface area is 225 Å². The molecule has 0 fully saturated rings. The number of anilines is 2. The molecule has 2 aliphatic rings. The van der Waals surface area contributed by atoms with Gasteiger partial charge in [0.25, 0.3) is 5.91 Å². The van der Waals surface area contributed by atoms with Crippen LogP contribution in [0.4, 0.5) is 15.6 Å². The normalized spacial score (nSPS) is 16.0. The minimum Gasteiger partial charge on any atom is -0.444 e. The molecule has 0 spiro atoms. The molecule has 3 aromatic heterocycles. The molecular weight excluding hydrogens is 504 g/mol. The molecule has 3 aromatic rings. The fraction of sp³-hybridized carbons (Fsp3) is 0.385. The van der Waals surface area contributed by atoms with Gasteiger partial charge in [-0.15, -0.1) is 11.3 Å². The summed E-state index contributed by atoms with van der Waals surface area (Å²) in [5, 5.41) is 6.01. The molecule has 2 amide bonds. The highest BCUT2D eigenvalue weighted by Gasteiger charge is 2.26. The Hall–Kier alpha value is -3.90. The maximum Gasteiger partial charge on any atom is 0.410 e. The van der Waals surface area contributed by atoms with Crippen LogP contribution in [-0.2, 0) is 4.74 Å². The van der Waals surface area contributed by atoms with Gasteiger partial charge in [-0.2, -0.15) is 0 Å². The Balaban J connectivity index is 1.55. The maximum absolute atomic E-state index is 12.8. The van der Waals surface area contributed by atoms with Crippen LogP contribution in [0.15, 0.2) is 30.7 Å². The summed E-state index contributed by atoms with van der Waals surface area (Å²) in [4.78, 5) is 36.4. The van der Waals surface area contributed by atoms with Crippen LogP contribution in [0.3, 0.4) is 0 Å². The van der Waals surface area contributed by atoms with Gasteiger partial charge in [0.15, 0.2) is 11.5 Å². The first-order chi connectivity index (χ1) is 18.0. The average Bonchev–Trinajstić information content (AvgIpc) is 3.56. The third-order valence-corrected chi connectivity index (χ3v) is 7.37. The Morgan fingerprint density at radius 1 is 1.26 bits per heavy atom. The summed E-state index contributed by atoms with van der Waals surface area (Å²) in [6, 6.07) is 1.88. The van der Waals surface area contributed by atoms with Crippen LogP contribution < -0.4 is 16.5 Å². The average molecular weight is 537 g/mol. The first-order valence-electron chi connectivity index (χ1n) is 12.4. The van der Waals surface area contributed by atoms with Crippen molar-refractivity contribution in [2.45, 2.75) is 39.7 Å². The smallest absolute Gasteiger partial charge is 0.410 e. The topological polar surface area (TPSA) is 130 Å². The van der Waals surface area contributed by atoms with E-state index in [0.717, 1.165) is 33.1 Å². The summed E-state index contributed by atoms with van der Waals surface area (Å²) in [6.07, 6.45) is 8.28. The number of rotatable bonds is 5. The number of carbonyl (C=O) groups is 2. The SMILES string of the molecule is Cc1cc(Nc2nc(C3=CCCN(C(=O)OC(C)(C)C)C3)cn3c(C4=CN(C)NC4)cnc23)sc1C(N)=O. The van der Waals surface area contributed by atoms with Gasteiger partial charge < -0.3 is 25.7 Å². The number of aromatic nitrogens is 3. The lowest BCUT2D eigenvalue weighted by atomic mass is 10.1. The molecule has 5 heterocycles. The van der Waals surface area contributed by atoms with Crippen LogP contribution in [0.1, 0.15) is 53.8 Å². The minimum atomic E-state index is -0.572. The Kier molecular flexibility index (Phi) is 6.61. The molecule has 38 heavy (non-hydrogen) atoms. The number of hydrogen-bond donors (Lipinski definition) is 3. The third-order valence-electron chi connectivity index (χ3n) is 6.20. The Morgan fingerprint density at radius 2 is 2.05 bits per heavy atom. The zero-order chi connectivity index (χ0) is 27.2. The number of aryl methyl sites for hydroxylation is 1. The maximum atomic E-state index is 12.8. The van der Waals surface area contributed by atoms with Crippen molar-refractivity contribution < 1.29 is 14.3 Å². The second-order valence-corrected chi connectivity index (χ2v) is 11.5. The molecule has 0 unspecified atom stereocenters. The third kappa shape index (κ3) is 5.22. The summed E-state index contributed by atoms with van der Waals surface area (Å²) >= 11 is 1.28. The van der Waals surface area contributed by atoms with Crippen molar-refractivity contribution in [3.05, 3.63) is 52.6 Å². The van der Waals surface area contributed by atoms with Crippen LogP contribution in [0, 0.1) is 6.92 Å². The van der Waals surface area contributed by atoms with Crippen molar-refractivity contribution in [1.29, 1.82) is 0 Å². The van der Waals surface area contributed by atoms with E-state index in [4.69, 9.17) is 15.5 Å². The van der Waals surface area contributed by atoms with Crippen molar-refractivity contribution >= 4 is 50.9 Å². The van der Waals surface area contributed by atoms with Gasteiger partial charge in [0, 0.05) is 38.1 Å². The van der Waals surface area contributed by atoms with Gasteiger partial charge in [0.05, 0.1) is 34.0 Å². The summed E-state index contributed by atoms with van der Waals surface area (Å²) in [5.41, 5.74) is 13.3. The fourth-order valence-corrected chi connectivity index (χ4v) is 5.40. The zero-order valence-electron chi connectivity index (χ0n) is 22.2. The number of ether oxygens (including phenoxy) is 1. The number of primary amides is 1. The standard InChI is InChI=1S/C26H32N8O3S/c1-15-9-20(38-21(15)22(27)35)31-23-24-28-11-19(17-10-29-32(5)12-17)34(24)14-18(30-23)16-7-6-8-33(13-16)25(36)37-26(2,3)4/h7,9,11-12,14,29H,6,8,10,13H2,1-5H3,(H2,27,35)(H,30,31). The van der Waals surface area contributed by atoms with Crippen LogP contribution in [0.2, 0.25) is 0 Å². The molecule has 4 N–H and O–H groups in total. The largest absolute Gasteiger partial charge is 0.444 e. The molecule has 0 saturated carbocycles. The van der Waals surface area contributed by atoms with Gasteiger partial charge in [-0.25, -0.2) is 20.2 Å². The van der Waals surface area contributed by atoms with E-state index in [9.17, 15) is 9.59 Å². The quantitative estimate of drug-likeness (QED) is 0.449. The molecule has 200 valence electrons. The van der Waals surface area contributed by atoms with E-state index < -0.39 is 11.5 Å². The van der Waals surface area contributed by atoms with Crippen molar-refractivity contribution in [1.82, 2.24) is 29.7 Å². The van der Waals surface area contributed by atoms with Gasteiger partial charge in [0.2, 0.25) is 0 Å². The highest BCUT2D eigenvalue weighted by atomic mass is 32.1. The number of hydrazine groups is 1. The Bertz CT molecular complexity index is 1480. The van der Waals surface area contributed by atoms with Crippen LogP contribution in [-0.4, -0.2) is 68.6 Å². The van der Waals surface area contributed by atoms with Gasteiger partial charge >= 0.3 is 6.09 Å². The summed E-state index contributed by atoms with van der Waals surface area (Å²) in [7, 11) is 1.95. The highest BCUT2D eigenvalue weighted by Crippen LogP contribution is 2.32. The number of fused-ring (bicyclic) bond motifs is 1. The van der Waals surface area contributed by atoms with Crippen LogP contribution in [0.5, 0.6) is 0 Å². The Morgan fingerprint density at radius 3 is 2.71 bits per heavy atom. The number of amides is 2. The number of hydrogen-bond acceptors (Lipinski definition) is 9. The molecular formula is C26H32N8O3S. The molecule has 5 rings (SSSR count). The van der Waals surface area contributed by atoms with Gasteiger partial charge in [0.1, 0.15) is 5.60 Å². The van der Waals surface area contributed by atoms with E-state index >= 15 is 0 Å². The van der Waals surface area contributed by atoms with Gasteiger partial charge in [-0.3, -0.25) is 9.20 Å². The van der Waals surface area contributed by atoms with Crippen molar-refractivity contribution in [2.24, 2.45) is 5.73 Å². The number of nitrogens with zero attached hydrogens (tertiary/aromatic N) is 5. The van der Waals surface area contributed by atoms with Gasteiger partial charge in [-0.1, -0.05) is 6.08 Å². The van der Waals surface area contributed by atoms with Crippen molar-refractivity contribution in [3.63, 3.8) is 0 Å².